The Hall–Kier alpha value is -3.70. The molecule has 3 N–H and O–H groups in total. The summed E-state index contributed by atoms with van der Waals surface area (Å²) in [6, 6.07) is 16.4. The normalized spacial score (nSPS) is 11.5. The first-order valence-corrected chi connectivity index (χ1v) is 10.8. The van der Waals surface area contributed by atoms with E-state index >= 15 is 0 Å². The van der Waals surface area contributed by atoms with Crippen LogP contribution < -0.4 is 14.9 Å². The van der Waals surface area contributed by atoms with E-state index in [1.807, 2.05) is 54.0 Å². The van der Waals surface area contributed by atoms with Gasteiger partial charge in [-0.15, -0.1) is 0 Å². The lowest BCUT2D eigenvalue weighted by molar-refractivity contribution is 0.489. The fourth-order valence-electron chi connectivity index (χ4n) is 3.09. The highest BCUT2D eigenvalue weighted by Gasteiger charge is 2.15. The molecular formula is C20H21N7O3S. The third-order valence-corrected chi connectivity index (χ3v) is 5.18. The van der Waals surface area contributed by atoms with Gasteiger partial charge in [-0.05, 0) is 29.8 Å². The van der Waals surface area contributed by atoms with Gasteiger partial charge in [0.1, 0.15) is 5.82 Å². The first-order valence-electron chi connectivity index (χ1n) is 9.37. The summed E-state index contributed by atoms with van der Waals surface area (Å²) in [6.07, 6.45) is 1.71. The van der Waals surface area contributed by atoms with E-state index in [-0.39, 0.29) is 5.69 Å². The molecule has 10 nitrogen and oxygen atoms in total. The quantitative estimate of drug-likeness (QED) is 0.375. The molecule has 0 fully saturated rings. The van der Waals surface area contributed by atoms with Gasteiger partial charge < -0.3 is 10.2 Å². The Balaban J connectivity index is 1.60. The zero-order chi connectivity index (χ0) is 22.0. The van der Waals surface area contributed by atoms with Crippen LogP contribution in [0.2, 0.25) is 0 Å². The van der Waals surface area contributed by atoms with Crippen LogP contribution in [-0.4, -0.2) is 39.8 Å². The number of hydrogen-bond acceptors (Lipinski definition) is 7. The Labute approximate surface area is 179 Å². The van der Waals surface area contributed by atoms with Crippen LogP contribution in [0.15, 0.2) is 60.8 Å². The number of fused-ring (bicyclic) bond motifs is 1. The summed E-state index contributed by atoms with van der Waals surface area (Å²) in [5.74, 6) is 1.16. The Morgan fingerprint density at radius 3 is 2.45 bits per heavy atom. The molecule has 0 atom stereocenters. The number of benzene rings is 2. The number of rotatable bonds is 7. The molecule has 0 spiro atoms. The van der Waals surface area contributed by atoms with Crippen molar-refractivity contribution in [1.29, 1.82) is 0 Å². The summed E-state index contributed by atoms with van der Waals surface area (Å²) in [5, 5.41) is 8.40. The van der Waals surface area contributed by atoms with Gasteiger partial charge >= 0.3 is 10.3 Å². The first kappa shape index (κ1) is 20.6. The smallest absolute Gasteiger partial charge is 0.357 e. The molecule has 4 rings (SSSR count). The molecule has 0 aliphatic carbocycles. The maximum atomic E-state index is 10.9. The highest BCUT2D eigenvalue weighted by molar-refractivity contribution is 7.87. The van der Waals surface area contributed by atoms with E-state index in [2.05, 4.69) is 15.4 Å². The van der Waals surface area contributed by atoms with Crippen molar-refractivity contribution in [3.63, 3.8) is 0 Å². The van der Waals surface area contributed by atoms with Crippen LogP contribution in [0.3, 0.4) is 0 Å². The van der Waals surface area contributed by atoms with Crippen LogP contribution in [-0.2, 0) is 23.9 Å². The van der Waals surface area contributed by atoms with Gasteiger partial charge in [-0.25, -0.2) is 0 Å². The van der Waals surface area contributed by atoms with Gasteiger partial charge in [0, 0.05) is 26.3 Å². The van der Waals surface area contributed by atoms with Crippen molar-refractivity contribution < 1.29 is 13.0 Å². The Morgan fingerprint density at radius 2 is 1.77 bits per heavy atom. The molecule has 11 heteroatoms. The summed E-state index contributed by atoms with van der Waals surface area (Å²) < 4.78 is 34.4. The van der Waals surface area contributed by atoms with Crippen LogP contribution in [0.1, 0.15) is 5.56 Å². The van der Waals surface area contributed by atoms with Crippen molar-refractivity contribution >= 4 is 44.5 Å². The number of nitrogens with one attached hydrogen (secondary N) is 2. The molecule has 2 aromatic carbocycles. The second-order valence-corrected chi connectivity index (χ2v) is 8.05. The molecule has 0 saturated carbocycles. The Morgan fingerprint density at radius 1 is 1.06 bits per heavy atom. The topological polar surface area (TPSA) is 125 Å². The van der Waals surface area contributed by atoms with Crippen molar-refractivity contribution in [2.75, 3.05) is 22.0 Å². The van der Waals surface area contributed by atoms with Crippen molar-refractivity contribution in [2.45, 2.75) is 6.54 Å². The minimum Gasteiger partial charge on any atom is -0.365 e. The van der Waals surface area contributed by atoms with E-state index in [4.69, 9.17) is 9.54 Å². The molecule has 4 aromatic rings. The zero-order valence-corrected chi connectivity index (χ0v) is 17.7. The largest absolute Gasteiger partial charge is 0.365 e. The van der Waals surface area contributed by atoms with Gasteiger partial charge in [0.2, 0.25) is 5.95 Å². The number of aromatic nitrogens is 4. The van der Waals surface area contributed by atoms with Crippen molar-refractivity contribution in [3.05, 3.63) is 66.4 Å². The standard InChI is InChI=1S/C20H21N7O3S/c1-26(16-6-4-3-5-7-16)20-23-18(17-13-22-27(2)19(17)24-20)21-12-14-8-10-15(11-9-14)25-31(28,29)30/h3-11,13,25H,12H2,1-2H3,(H,21,23,24)(H,28,29,30). The average molecular weight is 440 g/mol. The van der Waals surface area contributed by atoms with Crippen LogP contribution in [0.4, 0.5) is 23.1 Å². The van der Waals surface area contributed by atoms with E-state index in [0.29, 0.717) is 24.0 Å². The lowest BCUT2D eigenvalue weighted by Crippen LogP contribution is -2.15. The SMILES string of the molecule is CN(c1ccccc1)c1nc(NCc2ccc(NS(=O)(=O)O)cc2)c2cnn(C)c2n1. The highest BCUT2D eigenvalue weighted by Crippen LogP contribution is 2.26. The maximum Gasteiger partial charge on any atom is 0.357 e. The average Bonchev–Trinajstić information content (AvgIpc) is 3.13. The summed E-state index contributed by atoms with van der Waals surface area (Å²) in [7, 11) is -0.574. The molecular weight excluding hydrogens is 418 g/mol. The number of anilines is 4. The second-order valence-electron chi connectivity index (χ2n) is 6.90. The second kappa shape index (κ2) is 8.20. The molecule has 0 bridgehead atoms. The van der Waals surface area contributed by atoms with Crippen LogP contribution in [0, 0.1) is 0 Å². The van der Waals surface area contributed by atoms with Gasteiger partial charge in [-0.1, -0.05) is 30.3 Å². The lowest BCUT2D eigenvalue weighted by atomic mass is 10.2. The van der Waals surface area contributed by atoms with E-state index in [1.165, 1.54) is 0 Å². The Kier molecular flexibility index (Phi) is 5.44. The van der Waals surface area contributed by atoms with Gasteiger partial charge in [0.25, 0.3) is 0 Å². The lowest BCUT2D eigenvalue weighted by Gasteiger charge is -2.18. The molecule has 0 saturated heterocycles. The molecule has 0 unspecified atom stereocenters. The molecule has 0 radical (unpaired) electrons. The number of nitrogens with zero attached hydrogens (tertiary/aromatic N) is 5. The summed E-state index contributed by atoms with van der Waals surface area (Å²) >= 11 is 0. The summed E-state index contributed by atoms with van der Waals surface area (Å²) in [5.41, 5.74) is 2.82. The molecule has 2 heterocycles. The molecule has 31 heavy (non-hydrogen) atoms. The molecule has 2 aromatic heterocycles. The fourth-order valence-corrected chi connectivity index (χ4v) is 3.52. The van der Waals surface area contributed by atoms with Gasteiger partial charge in [0.05, 0.1) is 17.3 Å². The van der Waals surface area contributed by atoms with Gasteiger partial charge in [-0.3, -0.25) is 14.0 Å². The summed E-state index contributed by atoms with van der Waals surface area (Å²) in [4.78, 5) is 11.3. The number of hydrogen-bond donors (Lipinski definition) is 3. The van der Waals surface area contributed by atoms with Gasteiger partial charge in [0.15, 0.2) is 5.65 Å². The zero-order valence-electron chi connectivity index (χ0n) is 16.9. The van der Waals surface area contributed by atoms with Crippen LogP contribution in [0.25, 0.3) is 11.0 Å². The monoisotopic (exact) mass is 439 g/mol. The molecule has 0 aliphatic rings. The van der Waals surface area contributed by atoms with E-state index in [0.717, 1.165) is 16.6 Å². The minimum atomic E-state index is -4.30. The molecule has 0 aliphatic heterocycles. The van der Waals surface area contributed by atoms with Crippen LogP contribution >= 0.6 is 0 Å². The van der Waals surface area contributed by atoms with Crippen LogP contribution in [0.5, 0.6) is 0 Å². The molecule has 160 valence electrons. The molecule has 0 amide bonds. The number of para-hydroxylation sites is 1. The van der Waals surface area contributed by atoms with E-state index < -0.39 is 10.3 Å². The van der Waals surface area contributed by atoms with Crippen molar-refractivity contribution in [1.82, 2.24) is 19.7 Å². The van der Waals surface area contributed by atoms with Crippen molar-refractivity contribution in [3.8, 4) is 0 Å². The summed E-state index contributed by atoms with van der Waals surface area (Å²) in [6.45, 7) is 0.446. The van der Waals surface area contributed by atoms with Crippen molar-refractivity contribution in [2.24, 2.45) is 7.05 Å². The predicted molar refractivity (Wildman–Crippen MR) is 120 cm³/mol. The van der Waals surface area contributed by atoms with E-state index in [1.54, 1.807) is 35.1 Å². The minimum absolute atomic E-state index is 0.273. The number of aryl methyl sites for hydroxylation is 1. The first-order chi connectivity index (χ1) is 14.8. The third kappa shape index (κ3) is 4.73. The predicted octanol–water partition coefficient (Wildman–Crippen LogP) is 2.96. The van der Waals surface area contributed by atoms with Gasteiger partial charge in [-0.2, -0.15) is 23.5 Å². The highest BCUT2D eigenvalue weighted by atomic mass is 32.2. The Bertz CT molecular complexity index is 1310. The maximum absolute atomic E-state index is 10.9. The fraction of sp³-hybridized carbons (Fsp3) is 0.150. The van der Waals surface area contributed by atoms with E-state index in [9.17, 15) is 8.42 Å². The third-order valence-electron chi connectivity index (χ3n) is 4.68.